The Morgan fingerprint density at radius 3 is 2.58 bits per heavy atom. The number of methoxy groups -OCH3 is 1. The molecular formula is C15H18N2O2. The third kappa shape index (κ3) is 4.22. The van der Waals surface area contributed by atoms with Crippen LogP contribution in [0.1, 0.15) is 25.8 Å². The highest BCUT2D eigenvalue weighted by Gasteiger charge is 2.25. The van der Waals surface area contributed by atoms with E-state index in [1.165, 1.54) is 7.11 Å². The third-order valence-electron chi connectivity index (χ3n) is 2.92. The second-order valence-corrected chi connectivity index (χ2v) is 4.39. The van der Waals surface area contributed by atoms with Crippen LogP contribution in [-0.2, 0) is 9.53 Å². The molecule has 2 atom stereocenters. The van der Waals surface area contributed by atoms with Crippen molar-refractivity contribution >= 4 is 11.7 Å². The molecule has 19 heavy (non-hydrogen) atoms. The van der Waals surface area contributed by atoms with E-state index in [0.717, 1.165) is 11.3 Å². The number of rotatable bonds is 5. The molecule has 0 bridgehead atoms. The Morgan fingerprint density at radius 2 is 2.05 bits per heavy atom. The standard InChI is InChI=1S/C15H18N2O2/c1-11(9-10-16)14(15(18)19-3)17-12(2)13-7-5-4-6-8-13/h4-8,11,14H,9H2,1-3H3. The van der Waals surface area contributed by atoms with Crippen LogP contribution in [0.2, 0.25) is 0 Å². The summed E-state index contributed by atoms with van der Waals surface area (Å²) in [6, 6.07) is 11.1. The topological polar surface area (TPSA) is 62.4 Å². The first kappa shape index (κ1) is 14.9. The highest BCUT2D eigenvalue weighted by atomic mass is 16.5. The Bertz CT molecular complexity index is 489. The predicted molar refractivity (Wildman–Crippen MR) is 73.9 cm³/mol. The van der Waals surface area contributed by atoms with Gasteiger partial charge in [-0.15, -0.1) is 0 Å². The molecule has 0 aliphatic heterocycles. The quantitative estimate of drug-likeness (QED) is 0.602. The summed E-state index contributed by atoms with van der Waals surface area (Å²) in [7, 11) is 1.34. The van der Waals surface area contributed by atoms with Crippen LogP contribution in [0, 0.1) is 17.2 Å². The number of carbonyl (C=O) groups is 1. The zero-order chi connectivity index (χ0) is 14.3. The van der Waals surface area contributed by atoms with Gasteiger partial charge in [0.1, 0.15) is 0 Å². The molecule has 2 unspecified atom stereocenters. The van der Waals surface area contributed by atoms with Crippen LogP contribution in [0.15, 0.2) is 35.3 Å². The molecule has 0 amide bonds. The Balaban J connectivity index is 3.00. The van der Waals surface area contributed by atoms with Gasteiger partial charge in [0.2, 0.25) is 0 Å². The SMILES string of the molecule is COC(=O)C(N=C(C)c1ccccc1)C(C)CC#N. The number of esters is 1. The lowest BCUT2D eigenvalue weighted by molar-refractivity contribution is -0.143. The Morgan fingerprint density at radius 1 is 1.42 bits per heavy atom. The van der Waals surface area contributed by atoms with Crippen molar-refractivity contribution in [3.63, 3.8) is 0 Å². The Kier molecular flexibility index (Phi) is 5.74. The van der Waals surface area contributed by atoms with Crippen molar-refractivity contribution < 1.29 is 9.53 Å². The lowest BCUT2D eigenvalue weighted by Crippen LogP contribution is -2.28. The monoisotopic (exact) mass is 258 g/mol. The minimum atomic E-state index is -0.634. The van der Waals surface area contributed by atoms with Crippen LogP contribution in [0.25, 0.3) is 0 Å². The minimum absolute atomic E-state index is 0.170. The highest BCUT2D eigenvalue weighted by Crippen LogP contribution is 2.15. The van der Waals surface area contributed by atoms with E-state index >= 15 is 0 Å². The predicted octanol–water partition coefficient (Wildman–Crippen LogP) is 2.59. The maximum atomic E-state index is 11.8. The van der Waals surface area contributed by atoms with Crippen molar-refractivity contribution in [3.8, 4) is 6.07 Å². The number of aliphatic imine (C=N–C) groups is 1. The van der Waals surface area contributed by atoms with Crippen molar-refractivity contribution in [3.05, 3.63) is 35.9 Å². The van der Waals surface area contributed by atoms with Gasteiger partial charge in [-0.25, -0.2) is 4.79 Å². The van der Waals surface area contributed by atoms with Crippen molar-refractivity contribution in [2.45, 2.75) is 26.3 Å². The van der Waals surface area contributed by atoms with Gasteiger partial charge in [0.05, 0.1) is 13.2 Å². The van der Waals surface area contributed by atoms with E-state index in [2.05, 4.69) is 11.1 Å². The number of hydrogen-bond acceptors (Lipinski definition) is 4. The normalized spacial score (nSPS) is 14.3. The molecule has 100 valence electrons. The van der Waals surface area contributed by atoms with Gasteiger partial charge in [-0.05, 0) is 12.5 Å². The summed E-state index contributed by atoms with van der Waals surface area (Å²) in [5, 5.41) is 8.74. The molecule has 0 fully saturated rings. The van der Waals surface area contributed by atoms with E-state index in [1.54, 1.807) is 0 Å². The number of carbonyl (C=O) groups excluding carboxylic acids is 1. The average Bonchev–Trinajstić information content (AvgIpc) is 2.44. The van der Waals surface area contributed by atoms with Crippen LogP contribution in [0.4, 0.5) is 0 Å². The zero-order valence-electron chi connectivity index (χ0n) is 11.5. The largest absolute Gasteiger partial charge is 0.467 e. The number of nitriles is 1. The van der Waals surface area contributed by atoms with Crippen molar-refractivity contribution in [1.29, 1.82) is 5.26 Å². The Labute approximate surface area is 113 Å². The number of benzene rings is 1. The highest BCUT2D eigenvalue weighted by molar-refractivity contribution is 6.00. The van der Waals surface area contributed by atoms with Crippen LogP contribution in [0.5, 0.6) is 0 Å². The van der Waals surface area contributed by atoms with E-state index < -0.39 is 12.0 Å². The summed E-state index contributed by atoms with van der Waals surface area (Å²) in [6.45, 7) is 3.68. The molecule has 0 aliphatic rings. The molecule has 0 radical (unpaired) electrons. The summed E-state index contributed by atoms with van der Waals surface area (Å²) in [5.41, 5.74) is 1.72. The van der Waals surface area contributed by atoms with Crippen LogP contribution in [-0.4, -0.2) is 24.8 Å². The van der Waals surface area contributed by atoms with Gasteiger partial charge in [0.25, 0.3) is 0 Å². The fraction of sp³-hybridized carbons (Fsp3) is 0.400. The third-order valence-corrected chi connectivity index (χ3v) is 2.92. The minimum Gasteiger partial charge on any atom is -0.467 e. The lowest BCUT2D eigenvalue weighted by atomic mass is 9.99. The van der Waals surface area contributed by atoms with Crippen LogP contribution >= 0.6 is 0 Å². The summed E-state index contributed by atoms with van der Waals surface area (Å²) in [5.74, 6) is -0.575. The maximum Gasteiger partial charge on any atom is 0.330 e. The first-order valence-corrected chi connectivity index (χ1v) is 6.14. The molecule has 1 aromatic rings. The van der Waals surface area contributed by atoms with E-state index in [4.69, 9.17) is 10.00 Å². The van der Waals surface area contributed by atoms with Crippen LogP contribution < -0.4 is 0 Å². The fourth-order valence-corrected chi connectivity index (χ4v) is 1.75. The molecule has 4 nitrogen and oxygen atoms in total. The van der Waals surface area contributed by atoms with Gasteiger partial charge in [0, 0.05) is 18.1 Å². The second kappa shape index (κ2) is 7.32. The van der Waals surface area contributed by atoms with Gasteiger partial charge < -0.3 is 4.74 Å². The summed E-state index contributed by atoms with van der Waals surface area (Å²) < 4.78 is 4.76. The smallest absolute Gasteiger partial charge is 0.330 e. The van der Waals surface area contributed by atoms with Crippen LogP contribution in [0.3, 0.4) is 0 Å². The molecule has 1 rings (SSSR count). The van der Waals surface area contributed by atoms with E-state index in [1.807, 2.05) is 44.2 Å². The number of nitrogens with zero attached hydrogens (tertiary/aromatic N) is 2. The number of hydrogen-bond donors (Lipinski definition) is 0. The first-order chi connectivity index (χ1) is 9.10. The van der Waals surface area contributed by atoms with Gasteiger partial charge in [-0.1, -0.05) is 37.3 Å². The Hall–Kier alpha value is -2.15. The molecule has 0 heterocycles. The van der Waals surface area contributed by atoms with Gasteiger partial charge >= 0.3 is 5.97 Å². The summed E-state index contributed by atoms with van der Waals surface area (Å²) >= 11 is 0. The number of ether oxygens (including phenoxy) is 1. The van der Waals surface area contributed by atoms with Gasteiger partial charge in [-0.3, -0.25) is 4.99 Å². The van der Waals surface area contributed by atoms with Crippen molar-refractivity contribution in [2.24, 2.45) is 10.9 Å². The lowest BCUT2D eigenvalue weighted by Gasteiger charge is -2.16. The second-order valence-electron chi connectivity index (χ2n) is 4.39. The summed E-state index contributed by atoms with van der Waals surface area (Å²) in [4.78, 5) is 16.2. The molecule has 0 aromatic heterocycles. The average molecular weight is 258 g/mol. The first-order valence-electron chi connectivity index (χ1n) is 6.14. The van der Waals surface area contributed by atoms with E-state index in [0.29, 0.717) is 0 Å². The maximum absolute atomic E-state index is 11.8. The molecule has 0 N–H and O–H groups in total. The molecule has 0 saturated carbocycles. The van der Waals surface area contributed by atoms with E-state index in [-0.39, 0.29) is 12.3 Å². The molecule has 1 aromatic carbocycles. The van der Waals surface area contributed by atoms with Gasteiger partial charge in [-0.2, -0.15) is 5.26 Å². The van der Waals surface area contributed by atoms with Crippen molar-refractivity contribution in [2.75, 3.05) is 7.11 Å². The molecule has 4 heteroatoms. The van der Waals surface area contributed by atoms with Crippen molar-refractivity contribution in [1.82, 2.24) is 0 Å². The summed E-state index contributed by atoms with van der Waals surface area (Å²) in [6.07, 6.45) is 0.269. The molecule has 0 saturated heterocycles. The zero-order valence-corrected chi connectivity index (χ0v) is 11.5. The van der Waals surface area contributed by atoms with Gasteiger partial charge in [0.15, 0.2) is 6.04 Å². The fourth-order valence-electron chi connectivity index (χ4n) is 1.75. The molecule has 0 spiro atoms. The molecule has 0 aliphatic carbocycles. The molecular weight excluding hydrogens is 240 g/mol. The van der Waals surface area contributed by atoms with E-state index in [9.17, 15) is 4.79 Å².